The highest BCUT2D eigenvalue weighted by molar-refractivity contribution is 5.86. The molecule has 2 bridgehead atoms. The quantitative estimate of drug-likeness (QED) is 0.713. The van der Waals surface area contributed by atoms with Crippen LogP contribution in [0.3, 0.4) is 0 Å². The highest BCUT2D eigenvalue weighted by Crippen LogP contribution is 2.41. The van der Waals surface area contributed by atoms with Crippen molar-refractivity contribution in [1.82, 2.24) is 14.5 Å². The second-order valence-electron chi connectivity index (χ2n) is 7.02. The molecule has 0 spiro atoms. The first-order valence-corrected chi connectivity index (χ1v) is 8.71. The molecule has 3 aliphatic rings. The summed E-state index contributed by atoms with van der Waals surface area (Å²) in [6.07, 6.45) is 6.15. The number of nitrogens with zero attached hydrogens (tertiary/aromatic N) is 3. The van der Waals surface area contributed by atoms with Crippen LogP contribution in [0, 0.1) is 5.82 Å². The number of hydrogen-bond acceptors (Lipinski definition) is 2. The van der Waals surface area contributed by atoms with Crippen LogP contribution in [0.2, 0.25) is 0 Å². The van der Waals surface area contributed by atoms with Crippen molar-refractivity contribution < 1.29 is 4.39 Å². The van der Waals surface area contributed by atoms with Crippen LogP contribution in [0.25, 0.3) is 10.9 Å². The fraction of sp³-hybridized carbons (Fsp3) is 0.350. The van der Waals surface area contributed by atoms with E-state index in [1.807, 2.05) is 24.5 Å². The molecule has 4 heteroatoms. The molecule has 2 aromatic heterocycles. The predicted molar refractivity (Wildman–Crippen MR) is 92.5 cm³/mol. The molecule has 5 heterocycles. The smallest absolute Gasteiger partial charge is 0.123 e. The molecule has 1 fully saturated rings. The number of rotatable bonds is 2. The maximum absolute atomic E-state index is 13.9. The molecule has 0 radical (unpaired) electrons. The minimum atomic E-state index is -0.143. The van der Waals surface area contributed by atoms with Crippen molar-refractivity contribution in [2.75, 3.05) is 13.1 Å². The maximum atomic E-state index is 13.9. The molecule has 0 aliphatic carbocycles. The molecule has 122 valence electrons. The standard InChI is InChI=1S/C20H20FN3/c21-16-3-4-19-17(10-16)18-13-23-8-5-15(6-9-23)20(18)24(19)12-14-2-1-7-22-11-14/h1-4,7,10-11,15H,5-6,8-9,12-13H2. The van der Waals surface area contributed by atoms with Crippen molar-refractivity contribution in [3.05, 3.63) is 65.4 Å². The molecule has 0 saturated carbocycles. The summed E-state index contributed by atoms with van der Waals surface area (Å²) in [5, 5.41) is 1.09. The summed E-state index contributed by atoms with van der Waals surface area (Å²) < 4.78 is 16.3. The van der Waals surface area contributed by atoms with Crippen molar-refractivity contribution in [3.63, 3.8) is 0 Å². The zero-order valence-corrected chi connectivity index (χ0v) is 13.6. The zero-order valence-electron chi connectivity index (χ0n) is 13.6. The van der Waals surface area contributed by atoms with Gasteiger partial charge in [0.15, 0.2) is 0 Å². The third-order valence-electron chi connectivity index (χ3n) is 5.59. The number of benzene rings is 1. The minimum absolute atomic E-state index is 0.143. The van der Waals surface area contributed by atoms with Gasteiger partial charge in [-0.3, -0.25) is 9.88 Å². The normalized spacial score (nSPS) is 22.5. The Labute approximate surface area is 140 Å². The number of aromatic nitrogens is 2. The van der Waals surface area contributed by atoms with E-state index in [1.54, 1.807) is 12.1 Å². The lowest BCUT2D eigenvalue weighted by Crippen LogP contribution is -2.29. The Kier molecular flexibility index (Phi) is 3.20. The molecule has 6 rings (SSSR count). The largest absolute Gasteiger partial charge is 0.339 e. The first-order chi connectivity index (χ1) is 11.8. The summed E-state index contributed by atoms with van der Waals surface area (Å²) in [7, 11) is 0. The minimum Gasteiger partial charge on any atom is -0.339 e. The van der Waals surface area contributed by atoms with E-state index >= 15 is 0 Å². The van der Waals surface area contributed by atoms with Gasteiger partial charge in [0.1, 0.15) is 5.82 Å². The monoisotopic (exact) mass is 321 g/mol. The van der Waals surface area contributed by atoms with Crippen molar-refractivity contribution >= 4 is 10.9 Å². The number of fused-ring (bicyclic) bond motifs is 3. The molecule has 0 unspecified atom stereocenters. The van der Waals surface area contributed by atoms with Crippen LogP contribution in [0.1, 0.15) is 35.6 Å². The van der Waals surface area contributed by atoms with Gasteiger partial charge in [-0.1, -0.05) is 6.07 Å². The first kappa shape index (κ1) is 14.2. The Hall–Kier alpha value is -2.20. The molecular formula is C20H20FN3. The van der Waals surface area contributed by atoms with Crippen molar-refractivity contribution in [2.45, 2.75) is 31.8 Å². The van der Waals surface area contributed by atoms with Crippen LogP contribution >= 0.6 is 0 Å². The van der Waals surface area contributed by atoms with Gasteiger partial charge in [-0.2, -0.15) is 0 Å². The molecule has 3 aliphatic heterocycles. The molecular weight excluding hydrogens is 301 g/mol. The lowest BCUT2D eigenvalue weighted by Gasteiger charge is -2.27. The molecule has 3 nitrogen and oxygen atoms in total. The van der Waals surface area contributed by atoms with Crippen LogP contribution in [0.4, 0.5) is 4.39 Å². The van der Waals surface area contributed by atoms with Gasteiger partial charge < -0.3 is 4.57 Å². The van der Waals surface area contributed by atoms with Crippen LogP contribution in [-0.4, -0.2) is 27.5 Å². The summed E-state index contributed by atoms with van der Waals surface area (Å²) in [6, 6.07) is 9.35. The van der Waals surface area contributed by atoms with Gasteiger partial charge in [-0.25, -0.2) is 4.39 Å². The van der Waals surface area contributed by atoms with E-state index < -0.39 is 0 Å². The van der Waals surface area contributed by atoms with E-state index in [-0.39, 0.29) is 5.82 Å². The van der Waals surface area contributed by atoms with E-state index in [0.717, 1.165) is 37.1 Å². The molecule has 0 N–H and O–H groups in total. The van der Waals surface area contributed by atoms with Gasteiger partial charge in [0.05, 0.1) is 0 Å². The third-order valence-corrected chi connectivity index (χ3v) is 5.59. The third kappa shape index (κ3) is 2.17. The average Bonchev–Trinajstić information content (AvgIpc) is 2.76. The van der Waals surface area contributed by atoms with Crippen LogP contribution in [0.5, 0.6) is 0 Å². The van der Waals surface area contributed by atoms with Crippen LogP contribution < -0.4 is 0 Å². The molecule has 3 aromatic rings. The molecule has 24 heavy (non-hydrogen) atoms. The van der Waals surface area contributed by atoms with Crippen molar-refractivity contribution in [2.24, 2.45) is 0 Å². The number of halogens is 1. The number of piperidine rings is 1. The number of pyridine rings is 1. The number of hydrogen-bond donors (Lipinski definition) is 0. The highest BCUT2D eigenvalue weighted by Gasteiger charge is 2.32. The van der Waals surface area contributed by atoms with Gasteiger partial charge in [-0.05, 0) is 61.3 Å². The first-order valence-electron chi connectivity index (χ1n) is 8.71. The average molecular weight is 321 g/mol. The van der Waals surface area contributed by atoms with Crippen molar-refractivity contribution in [3.8, 4) is 0 Å². The summed E-state index contributed by atoms with van der Waals surface area (Å²) in [5.41, 5.74) is 5.12. The van der Waals surface area contributed by atoms with Crippen LogP contribution in [0.15, 0.2) is 42.7 Å². The van der Waals surface area contributed by atoms with Gasteiger partial charge in [0, 0.05) is 48.0 Å². The Balaban J connectivity index is 1.75. The lowest BCUT2D eigenvalue weighted by atomic mass is 9.94. The zero-order chi connectivity index (χ0) is 16.1. The molecule has 0 atom stereocenters. The second-order valence-corrected chi connectivity index (χ2v) is 7.02. The van der Waals surface area contributed by atoms with E-state index in [0.29, 0.717) is 5.92 Å². The van der Waals surface area contributed by atoms with Crippen molar-refractivity contribution in [1.29, 1.82) is 0 Å². The van der Waals surface area contributed by atoms with Crippen LogP contribution in [-0.2, 0) is 13.1 Å². The Morgan fingerprint density at radius 2 is 2.04 bits per heavy atom. The lowest BCUT2D eigenvalue weighted by molar-refractivity contribution is 0.219. The SMILES string of the molecule is Fc1ccc2c(c1)c1c(n2Cc2cccnc2)C2CCN(CC2)C1. The van der Waals surface area contributed by atoms with Gasteiger partial charge >= 0.3 is 0 Å². The van der Waals surface area contributed by atoms with Gasteiger partial charge in [0.2, 0.25) is 0 Å². The summed E-state index contributed by atoms with van der Waals surface area (Å²) in [6.45, 7) is 4.07. The van der Waals surface area contributed by atoms with E-state index in [4.69, 9.17) is 0 Å². The van der Waals surface area contributed by atoms with E-state index in [9.17, 15) is 4.39 Å². The summed E-state index contributed by atoms with van der Waals surface area (Å²) in [5.74, 6) is 0.446. The Morgan fingerprint density at radius 3 is 2.83 bits per heavy atom. The van der Waals surface area contributed by atoms with Gasteiger partial charge in [0.25, 0.3) is 0 Å². The molecule has 0 amide bonds. The second kappa shape index (κ2) is 5.42. The summed E-state index contributed by atoms with van der Waals surface area (Å²) in [4.78, 5) is 6.77. The van der Waals surface area contributed by atoms with Gasteiger partial charge in [-0.15, -0.1) is 0 Å². The molecule has 1 aromatic carbocycles. The fourth-order valence-electron chi connectivity index (χ4n) is 4.48. The van der Waals surface area contributed by atoms with E-state index in [2.05, 4.69) is 20.5 Å². The maximum Gasteiger partial charge on any atom is 0.123 e. The Bertz CT molecular complexity index is 892. The predicted octanol–water partition coefficient (Wildman–Crippen LogP) is 3.92. The topological polar surface area (TPSA) is 21.1 Å². The molecule has 1 saturated heterocycles. The summed E-state index contributed by atoms with van der Waals surface area (Å²) >= 11 is 0. The Morgan fingerprint density at radius 1 is 1.17 bits per heavy atom. The fourth-order valence-corrected chi connectivity index (χ4v) is 4.48. The highest BCUT2D eigenvalue weighted by atomic mass is 19.1. The van der Waals surface area contributed by atoms with E-state index in [1.165, 1.54) is 29.7 Å².